The minimum atomic E-state index is -5.26. The average molecular weight is 619 g/mol. The van der Waals surface area contributed by atoms with Gasteiger partial charge in [-0.05, 0) is 44.8 Å². The lowest BCUT2D eigenvalue weighted by Gasteiger charge is -2.29. The van der Waals surface area contributed by atoms with Crippen molar-refractivity contribution in [3.8, 4) is 5.88 Å². The van der Waals surface area contributed by atoms with Crippen LogP contribution in [0.5, 0.6) is 5.88 Å². The molecule has 2 N–H and O–H groups in total. The molecule has 0 spiro atoms. The highest BCUT2D eigenvalue weighted by molar-refractivity contribution is 6.03. The van der Waals surface area contributed by atoms with Crippen molar-refractivity contribution in [3.05, 3.63) is 60.8 Å². The van der Waals surface area contributed by atoms with Crippen LogP contribution in [-0.4, -0.2) is 89.6 Å². The van der Waals surface area contributed by atoms with Crippen LogP contribution in [0.4, 0.5) is 36.2 Å². The number of ether oxygens (including phenoxy) is 3. The third-order valence-corrected chi connectivity index (χ3v) is 6.23. The number of carbonyl (C=O) groups excluding carboxylic acids is 2. The Morgan fingerprint density at radius 2 is 1.93 bits per heavy atom. The second-order valence-corrected chi connectivity index (χ2v) is 10.0. The zero-order valence-corrected chi connectivity index (χ0v) is 24.3. The molecular weight excluding hydrogens is 585 g/mol. The van der Waals surface area contributed by atoms with Gasteiger partial charge in [0.1, 0.15) is 12.3 Å². The Hall–Kier alpha value is -4.70. The molecule has 0 saturated carbocycles. The summed E-state index contributed by atoms with van der Waals surface area (Å²) in [5.41, 5.74) is 2.22. The molecule has 0 unspecified atom stereocenters. The normalized spacial score (nSPS) is 13.5. The Morgan fingerprint density at radius 1 is 1.16 bits per heavy atom. The molecule has 2 aromatic heterocycles. The van der Waals surface area contributed by atoms with E-state index >= 15 is 0 Å². The lowest BCUT2D eigenvalue weighted by molar-refractivity contribution is -0.195. The van der Waals surface area contributed by atoms with Crippen LogP contribution in [0.25, 0.3) is 0 Å². The molecule has 44 heavy (non-hydrogen) atoms. The van der Waals surface area contributed by atoms with E-state index in [9.17, 15) is 22.8 Å². The third-order valence-electron chi connectivity index (χ3n) is 6.23. The Labute approximate surface area is 251 Å². The van der Waals surface area contributed by atoms with Gasteiger partial charge >= 0.3 is 12.1 Å². The van der Waals surface area contributed by atoms with E-state index in [1.807, 2.05) is 25.0 Å². The molecule has 3 aromatic rings. The summed E-state index contributed by atoms with van der Waals surface area (Å²) in [4.78, 5) is 36.4. The quantitative estimate of drug-likeness (QED) is 0.166. The molecule has 3 heterocycles. The van der Waals surface area contributed by atoms with E-state index in [4.69, 9.17) is 9.47 Å². The summed E-state index contributed by atoms with van der Waals surface area (Å²) in [6, 6.07) is 6.40. The molecular formula is C28H33F3N8O5. The van der Waals surface area contributed by atoms with Gasteiger partial charge in [0.2, 0.25) is 11.8 Å². The standard InChI is InChI=1S/C28H33F3N8O5/c1-19(44-26(41)28(29,30)31)24(40)34-21-7-4-6-20(14-21)18-43-25-23(38-10-12-42-13-11-38)16-32-27(36-25)35-22-15-33-39(17-22)9-5-8-37(2)3/h4,6-7,14-17H,1,5,8-13,18H2,2-3H3,(H,34,40)(H,32,35,36). The largest absolute Gasteiger partial charge is 0.491 e. The maximum atomic E-state index is 12.4. The molecule has 1 fully saturated rings. The molecule has 1 aliphatic heterocycles. The Balaban J connectivity index is 1.43. The smallest absolute Gasteiger partial charge is 0.471 e. The van der Waals surface area contributed by atoms with Crippen LogP contribution < -0.4 is 20.3 Å². The zero-order chi connectivity index (χ0) is 31.7. The van der Waals surface area contributed by atoms with Crippen molar-refractivity contribution in [2.45, 2.75) is 25.7 Å². The van der Waals surface area contributed by atoms with Crippen molar-refractivity contribution in [1.82, 2.24) is 24.6 Å². The highest BCUT2D eigenvalue weighted by Crippen LogP contribution is 2.29. The van der Waals surface area contributed by atoms with Gasteiger partial charge in [-0.25, -0.2) is 9.78 Å². The number of alkyl halides is 3. The van der Waals surface area contributed by atoms with Gasteiger partial charge in [0.15, 0.2) is 5.76 Å². The molecule has 0 bridgehead atoms. The van der Waals surface area contributed by atoms with Gasteiger partial charge in [-0.2, -0.15) is 23.3 Å². The average Bonchev–Trinajstić information content (AvgIpc) is 3.43. The molecule has 236 valence electrons. The van der Waals surface area contributed by atoms with E-state index in [-0.39, 0.29) is 12.3 Å². The summed E-state index contributed by atoms with van der Waals surface area (Å²) in [6.07, 6.45) is 0.913. The number of hydrogen-bond acceptors (Lipinski definition) is 11. The van der Waals surface area contributed by atoms with Gasteiger partial charge in [0.25, 0.3) is 5.91 Å². The van der Waals surface area contributed by atoms with Crippen LogP contribution >= 0.6 is 0 Å². The number of morpholine rings is 1. The minimum Gasteiger partial charge on any atom is -0.471 e. The first-order valence-corrected chi connectivity index (χ1v) is 13.6. The first-order valence-electron chi connectivity index (χ1n) is 13.6. The number of anilines is 4. The molecule has 4 rings (SSSR count). The zero-order valence-electron chi connectivity index (χ0n) is 24.3. The first-order chi connectivity index (χ1) is 21.0. The van der Waals surface area contributed by atoms with Crippen molar-refractivity contribution in [1.29, 1.82) is 0 Å². The van der Waals surface area contributed by atoms with E-state index in [0.717, 1.165) is 19.5 Å². The summed E-state index contributed by atoms with van der Waals surface area (Å²) >= 11 is 0. The highest BCUT2D eigenvalue weighted by atomic mass is 19.4. The number of aromatic nitrogens is 4. The maximum Gasteiger partial charge on any atom is 0.491 e. The second-order valence-electron chi connectivity index (χ2n) is 10.0. The predicted molar refractivity (Wildman–Crippen MR) is 154 cm³/mol. The number of nitrogens with zero attached hydrogens (tertiary/aromatic N) is 6. The summed E-state index contributed by atoms with van der Waals surface area (Å²) in [7, 11) is 4.04. The van der Waals surface area contributed by atoms with E-state index in [0.29, 0.717) is 55.1 Å². The van der Waals surface area contributed by atoms with Crippen molar-refractivity contribution in [2.24, 2.45) is 0 Å². The number of aryl methyl sites for hydroxylation is 1. The summed E-state index contributed by atoms with van der Waals surface area (Å²) < 4.78 is 54.7. The molecule has 13 nitrogen and oxygen atoms in total. The SMILES string of the molecule is C=C(OC(=O)C(F)(F)F)C(=O)Nc1cccc(COc2nc(Nc3cnn(CCCN(C)C)c3)ncc2N2CCOCC2)c1. The summed E-state index contributed by atoms with van der Waals surface area (Å²) in [5.74, 6) is -4.03. The van der Waals surface area contributed by atoms with Crippen molar-refractivity contribution >= 4 is 34.9 Å². The monoisotopic (exact) mass is 618 g/mol. The summed E-state index contributed by atoms with van der Waals surface area (Å²) in [5, 5.41) is 9.88. The van der Waals surface area contributed by atoms with Crippen molar-refractivity contribution in [2.75, 3.05) is 62.5 Å². The molecule has 16 heteroatoms. The Morgan fingerprint density at radius 3 is 2.66 bits per heavy atom. The van der Waals surface area contributed by atoms with Gasteiger partial charge in [-0.15, -0.1) is 0 Å². The third kappa shape index (κ3) is 9.40. The van der Waals surface area contributed by atoms with Gasteiger partial charge in [0, 0.05) is 31.5 Å². The topological polar surface area (TPSA) is 136 Å². The van der Waals surface area contributed by atoms with Gasteiger partial charge in [-0.3, -0.25) is 9.48 Å². The fourth-order valence-corrected chi connectivity index (χ4v) is 4.08. The van der Waals surface area contributed by atoms with Crippen LogP contribution in [0, 0.1) is 0 Å². The van der Waals surface area contributed by atoms with E-state index in [1.165, 1.54) is 6.07 Å². The minimum absolute atomic E-state index is 0.0331. The maximum absolute atomic E-state index is 12.4. The van der Waals surface area contributed by atoms with E-state index in [2.05, 4.69) is 46.8 Å². The van der Waals surface area contributed by atoms with Crippen LogP contribution in [0.15, 0.2) is 55.2 Å². The number of hydrogen-bond donors (Lipinski definition) is 2. The number of rotatable bonds is 13. The molecule has 0 atom stereocenters. The highest BCUT2D eigenvalue weighted by Gasteiger charge is 2.42. The van der Waals surface area contributed by atoms with Crippen molar-refractivity contribution < 1.29 is 37.0 Å². The molecule has 1 aliphatic rings. The van der Waals surface area contributed by atoms with Crippen LogP contribution in [0.1, 0.15) is 12.0 Å². The number of nitrogens with one attached hydrogen (secondary N) is 2. The number of esters is 1. The summed E-state index contributed by atoms with van der Waals surface area (Å²) in [6.45, 7) is 7.15. The van der Waals surface area contributed by atoms with Crippen LogP contribution in [-0.2, 0) is 32.2 Å². The fraction of sp³-hybridized carbons (Fsp3) is 0.393. The van der Waals surface area contributed by atoms with Gasteiger partial charge < -0.3 is 34.6 Å². The lowest BCUT2D eigenvalue weighted by Crippen LogP contribution is -2.36. The molecule has 1 aromatic carbocycles. The Kier molecular flexibility index (Phi) is 10.7. The number of halogens is 3. The fourth-order valence-electron chi connectivity index (χ4n) is 4.08. The van der Waals surface area contributed by atoms with Gasteiger partial charge in [0.05, 0.1) is 31.3 Å². The van der Waals surface area contributed by atoms with E-state index in [1.54, 1.807) is 30.6 Å². The van der Waals surface area contributed by atoms with Crippen molar-refractivity contribution in [3.63, 3.8) is 0 Å². The second kappa shape index (κ2) is 14.7. The molecule has 0 aliphatic carbocycles. The number of carbonyl (C=O) groups is 2. The van der Waals surface area contributed by atoms with Crippen LogP contribution in [0.3, 0.4) is 0 Å². The predicted octanol–water partition coefficient (Wildman–Crippen LogP) is 3.34. The molecule has 0 radical (unpaired) electrons. The molecule has 1 saturated heterocycles. The molecule has 1 amide bonds. The lowest BCUT2D eigenvalue weighted by atomic mass is 10.2. The number of amides is 1. The Bertz CT molecular complexity index is 1460. The number of benzene rings is 1. The van der Waals surface area contributed by atoms with E-state index < -0.39 is 23.8 Å². The first kappa shape index (κ1) is 32.2. The van der Waals surface area contributed by atoms with Gasteiger partial charge in [-0.1, -0.05) is 18.7 Å². The van der Waals surface area contributed by atoms with Crippen LogP contribution in [0.2, 0.25) is 0 Å².